The Morgan fingerprint density at radius 3 is 2.52 bits per heavy atom. The number of carbonyl (C=O) groups is 1. The quantitative estimate of drug-likeness (QED) is 0.848. The first-order valence-corrected chi connectivity index (χ1v) is 9.28. The molecule has 2 heterocycles. The van der Waals surface area contributed by atoms with Crippen molar-refractivity contribution in [3.63, 3.8) is 0 Å². The summed E-state index contributed by atoms with van der Waals surface area (Å²) in [7, 11) is 0. The fraction of sp³-hybridized carbons (Fsp3) is 0.429. The van der Waals surface area contributed by atoms with E-state index in [2.05, 4.69) is 34.3 Å². The van der Waals surface area contributed by atoms with Crippen LogP contribution in [0.3, 0.4) is 0 Å². The van der Waals surface area contributed by atoms with Crippen molar-refractivity contribution in [3.8, 4) is 5.75 Å². The summed E-state index contributed by atoms with van der Waals surface area (Å²) in [5.41, 5.74) is 4.24. The number of anilines is 1. The van der Waals surface area contributed by atoms with Gasteiger partial charge in [-0.2, -0.15) is 0 Å². The molecule has 1 saturated heterocycles. The maximum absolute atomic E-state index is 12.1. The lowest BCUT2D eigenvalue weighted by atomic mass is 10.1. The van der Waals surface area contributed by atoms with Gasteiger partial charge < -0.3 is 19.7 Å². The Balaban J connectivity index is 1.48. The fourth-order valence-corrected chi connectivity index (χ4v) is 3.28. The molecule has 0 aliphatic carbocycles. The number of pyridine rings is 1. The van der Waals surface area contributed by atoms with Crippen molar-refractivity contribution in [2.45, 2.75) is 27.3 Å². The largest absolute Gasteiger partial charge is 0.483 e. The SMILES string of the molecule is Cc1cc(C)c(OCC(=O)NCc2ccc(N3CCOCC3)nc2)c(C)c1. The van der Waals surface area contributed by atoms with E-state index in [1.165, 1.54) is 5.56 Å². The van der Waals surface area contributed by atoms with Gasteiger partial charge in [-0.15, -0.1) is 0 Å². The van der Waals surface area contributed by atoms with Gasteiger partial charge in [-0.3, -0.25) is 4.79 Å². The van der Waals surface area contributed by atoms with Crippen LogP contribution in [0.1, 0.15) is 22.3 Å². The van der Waals surface area contributed by atoms with Gasteiger partial charge in [0, 0.05) is 25.8 Å². The summed E-state index contributed by atoms with van der Waals surface area (Å²) >= 11 is 0. The van der Waals surface area contributed by atoms with E-state index in [4.69, 9.17) is 9.47 Å². The first kappa shape index (κ1) is 19.2. The molecule has 6 heteroatoms. The van der Waals surface area contributed by atoms with E-state index in [1.54, 1.807) is 6.20 Å². The molecular formula is C21H27N3O3. The Hall–Kier alpha value is -2.60. The average molecular weight is 369 g/mol. The maximum atomic E-state index is 12.1. The minimum absolute atomic E-state index is 0.00400. The number of aryl methyl sites for hydroxylation is 3. The second-order valence-electron chi connectivity index (χ2n) is 6.92. The molecule has 1 aromatic heterocycles. The smallest absolute Gasteiger partial charge is 0.258 e. The minimum Gasteiger partial charge on any atom is -0.483 e. The van der Waals surface area contributed by atoms with Gasteiger partial charge in [0.2, 0.25) is 0 Å². The Morgan fingerprint density at radius 1 is 1.19 bits per heavy atom. The highest BCUT2D eigenvalue weighted by molar-refractivity contribution is 5.77. The highest BCUT2D eigenvalue weighted by Gasteiger charge is 2.12. The van der Waals surface area contributed by atoms with Gasteiger partial charge in [-0.1, -0.05) is 23.8 Å². The third-order valence-corrected chi connectivity index (χ3v) is 4.59. The Bertz CT molecular complexity index is 761. The number of aromatic nitrogens is 1. The van der Waals surface area contributed by atoms with Crippen molar-refractivity contribution in [2.24, 2.45) is 0 Å². The molecule has 1 aliphatic heterocycles. The van der Waals surface area contributed by atoms with Gasteiger partial charge in [-0.25, -0.2) is 4.98 Å². The normalized spacial score (nSPS) is 14.1. The van der Waals surface area contributed by atoms with E-state index in [0.717, 1.165) is 54.6 Å². The molecule has 3 rings (SSSR count). The number of hydrogen-bond acceptors (Lipinski definition) is 5. The van der Waals surface area contributed by atoms with Crippen molar-refractivity contribution < 1.29 is 14.3 Å². The Kier molecular flexibility index (Phi) is 6.29. The summed E-state index contributed by atoms with van der Waals surface area (Å²) in [6.45, 7) is 9.67. The molecule has 1 N–H and O–H groups in total. The lowest BCUT2D eigenvalue weighted by molar-refractivity contribution is -0.123. The number of benzene rings is 1. The van der Waals surface area contributed by atoms with Crippen LogP contribution in [0.15, 0.2) is 30.5 Å². The maximum Gasteiger partial charge on any atom is 0.258 e. The number of hydrogen-bond donors (Lipinski definition) is 1. The number of carbonyl (C=O) groups excluding carboxylic acids is 1. The zero-order valence-electron chi connectivity index (χ0n) is 16.2. The number of rotatable bonds is 6. The molecular weight excluding hydrogens is 342 g/mol. The molecule has 2 aromatic rings. The zero-order chi connectivity index (χ0) is 19.2. The third kappa shape index (κ3) is 5.20. The van der Waals surface area contributed by atoms with E-state index in [9.17, 15) is 4.79 Å². The van der Waals surface area contributed by atoms with Gasteiger partial charge >= 0.3 is 0 Å². The standard InChI is InChI=1S/C21H27N3O3/c1-15-10-16(2)21(17(3)11-15)27-14-20(25)23-13-18-4-5-19(22-12-18)24-6-8-26-9-7-24/h4-5,10-12H,6-9,13-14H2,1-3H3,(H,23,25). The lowest BCUT2D eigenvalue weighted by Crippen LogP contribution is -2.36. The van der Waals surface area contributed by atoms with Crippen LogP contribution in [0.2, 0.25) is 0 Å². The van der Waals surface area contributed by atoms with Crippen LogP contribution >= 0.6 is 0 Å². The molecule has 0 spiro atoms. The number of nitrogens with one attached hydrogen (secondary N) is 1. The van der Waals surface area contributed by atoms with E-state index < -0.39 is 0 Å². The molecule has 1 aromatic carbocycles. The predicted molar refractivity (Wildman–Crippen MR) is 105 cm³/mol. The van der Waals surface area contributed by atoms with E-state index >= 15 is 0 Å². The molecule has 0 unspecified atom stereocenters. The van der Waals surface area contributed by atoms with Crippen molar-refractivity contribution in [2.75, 3.05) is 37.8 Å². The molecule has 1 aliphatic rings. The van der Waals surface area contributed by atoms with Gasteiger partial charge in [0.05, 0.1) is 13.2 Å². The molecule has 0 radical (unpaired) electrons. The fourth-order valence-electron chi connectivity index (χ4n) is 3.28. The van der Waals surface area contributed by atoms with E-state index in [0.29, 0.717) is 6.54 Å². The molecule has 1 amide bonds. The number of ether oxygens (including phenoxy) is 2. The van der Waals surface area contributed by atoms with E-state index in [-0.39, 0.29) is 12.5 Å². The first-order valence-electron chi connectivity index (χ1n) is 9.28. The first-order chi connectivity index (χ1) is 13.0. The lowest BCUT2D eigenvalue weighted by Gasteiger charge is -2.27. The summed E-state index contributed by atoms with van der Waals surface area (Å²) < 4.78 is 11.1. The summed E-state index contributed by atoms with van der Waals surface area (Å²) in [6, 6.07) is 8.10. The highest BCUT2D eigenvalue weighted by atomic mass is 16.5. The monoisotopic (exact) mass is 369 g/mol. The molecule has 144 valence electrons. The molecule has 6 nitrogen and oxygen atoms in total. The van der Waals surface area contributed by atoms with Crippen LogP contribution in [0.25, 0.3) is 0 Å². The van der Waals surface area contributed by atoms with Gasteiger partial charge in [0.1, 0.15) is 11.6 Å². The summed E-state index contributed by atoms with van der Waals surface area (Å²) in [4.78, 5) is 18.8. The van der Waals surface area contributed by atoms with Crippen molar-refractivity contribution in [1.29, 1.82) is 0 Å². The number of nitrogens with zero attached hydrogens (tertiary/aromatic N) is 2. The molecule has 0 atom stereocenters. The molecule has 1 fully saturated rings. The van der Waals surface area contributed by atoms with Crippen LogP contribution < -0.4 is 15.0 Å². The van der Waals surface area contributed by atoms with Crippen molar-refractivity contribution in [3.05, 3.63) is 52.7 Å². The van der Waals surface area contributed by atoms with E-state index in [1.807, 2.05) is 26.0 Å². The van der Waals surface area contributed by atoms with Crippen LogP contribution in [0.5, 0.6) is 5.75 Å². The third-order valence-electron chi connectivity index (χ3n) is 4.59. The second-order valence-corrected chi connectivity index (χ2v) is 6.92. The highest BCUT2D eigenvalue weighted by Crippen LogP contribution is 2.24. The molecule has 0 saturated carbocycles. The molecule has 27 heavy (non-hydrogen) atoms. The summed E-state index contributed by atoms with van der Waals surface area (Å²) in [5, 5.41) is 2.88. The summed E-state index contributed by atoms with van der Waals surface area (Å²) in [6.07, 6.45) is 1.81. The van der Waals surface area contributed by atoms with Crippen LogP contribution in [0, 0.1) is 20.8 Å². The minimum atomic E-state index is -0.147. The van der Waals surface area contributed by atoms with Crippen LogP contribution in [0.4, 0.5) is 5.82 Å². The predicted octanol–water partition coefficient (Wildman–Crippen LogP) is 2.54. The second kappa shape index (κ2) is 8.86. The van der Waals surface area contributed by atoms with Crippen molar-refractivity contribution >= 4 is 11.7 Å². The molecule has 0 bridgehead atoms. The van der Waals surface area contributed by atoms with Crippen LogP contribution in [-0.4, -0.2) is 43.8 Å². The average Bonchev–Trinajstić information content (AvgIpc) is 2.66. The van der Waals surface area contributed by atoms with Crippen molar-refractivity contribution in [1.82, 2.24) is 10.3 Å². The zero-order valence-corrected chi connectivity index (χ0v) is 16.2. The number of amides is 1. The Morgan fingerprint density at radius 2 is 1.89 bits per heavy atom. The van der Waals surface area contributed by atoms with Gasteiger partial charge in [0.15, 0.2) is 6.61 Å². The topological polar surface area (TPSA) is 63.7 Å². The van der Waals surface area contributed by atoms with Gasteiger partial charge in [0.25, 0.3) is 5.91 Å². The van der Waals surface area contributed by atoms with Crippen LogP contribution in [-0.2, 0) is 16.1 Å². The number of morpholine rings is 1. The Labute approximate surface area is 160 Å². The summed E-state index contributed by atoms with van der Waals surface area (Å²) in [5.74, 6) is 1.58. The van der Waals surface area contributed by atoms with Gasteiger partial charge in [-0.05, 0) is 43.5 Å².